The number of benzene rings is 1. The SMILES string of the molecule is Cc1cc(C)cc(NS(=O)(=O)c2cn(CC(C)C)c3ncccc23)c1. The Bertz CT molecular complexity index is 1000. The van der Waals surface area contributed by atoms with Crippen LogP contribution in [0.15, 0.2) is 47.6 Å². The zero-order valence-electron chi connectivity index (χ0n) is 14.9. The number of aromatic nitrogens is 2. The lowest BCUT2D eigenvalue weighted by Gasteiger charge is -2.09. The second-order valence-corrected chi connectivity index (χ2v) is 8.55. The number of nitrogens with zero attached hydrogens (tertiary/aromatic N) is 2. The van der Waals surface area contributed by atoms with Crippen LogP contribution in [0.4, 0.5) is 5.69 Å². The maximum Gasteiger partial charge on any atom is 0.264 e. The summed E-state index contributed by atoms with van der Waals surface area (Å²) >= 11 is 0. The molecule has 0 atom stereocenters. The number of hydrogen-bond acceptors (Lipinski definition) is 3. The Labute approximate surface area is 148 Å². The van der Waals surface area contributed by atoms with Gasteiger partial charge in [-0.3, -0.25) is 4.72 Å². The Balaban J connectivity index is 2.08. The van der Waals surface area contributed by atoms with Crippen LogP contribution >= 0.6 is 0 Å². The molecule has 1 aromatic carbocycles. The Kier molecular flexibility index (Phi) is 4.56. The molecule has 132 valence electrons. The van der Waals surface area contributed by atoms with Gasteiger partial charge in [-0.1, -0.05) is 19.9 Å². The molecule has 0 aliphatic rings. The number of fused-ring (bicyclic) bond motifs is 1. The molecular formula is C19H23N3O2S. The highest BCUT2D eigenvalue weighted by atomic mass is 32.2. The standard InChI is InChI=1S/C19H23N3O2S/c1-13(2)11-22-12-18(17-6-5-7-20-19(17)22)25(23,24)21-16-9-14(3)8-15(4)10-16/h5-10,12-13,21H,11H2,1-4H3. The molecule has 6 heteroatoms. The smallest absolute Gasteiger partial charge is 0.264 e. The highest BCUT2D eigenvalue weighted by molar-refractivity contribution is 7.93. The van der Waals surface area contributed by atoms with Crippen molar-refractivity contribution in [1.29, 1.82) is 0 Å². The van der Waals surface area contributed by atoms with Crippen LogP contribution in [0, 0.1) is 19.8 Å². The molecule has 3 rings (SSSR count). The Hall–Kier alpha value is -2.34. The lowest BCUT2D eigenvalue weighted by Crippen LogP contribution is -2.13. The van der Waals surface area contributed by atoms with Crippen LogP contribution in [0.2, 0.25) is 0 Å². The molecule has 25 heavy (non-hydrogen) atoms. The predicted molar refractivity (Wildman–Crippen MR) is 101 cm³/mol. The van der Waals surface area contributed by atoms with E-state index in [9.17, 15) is 8.42 Å². The minimum atomic E-state index is -3.70. The van der Waals surface area contributed by atoms with Gasteiger partial charge in [0, 0.05) is 30.0 Å². The molecule has 2 aromatic heterocycles. The first-order valence-electron chi connectivity index (χ1n) is 8.31. The summed E-state index contributed by atoms with van der Waals surface area (Å²) in [6.07, 6.45) is 3.37. The number of hydrogen-bond donors (Lipinski definition) is 1. The Morgan fingerprint density at radius 1 is 1.16 bits per heavy atom. The van der Waals surface area contributed by atoms with Crippen LogP contribution in [0.1, 0.15) is 25.0 Å². The monoisotopic (exact) mass is 357 g/mol. The molecule has 0 saturated carbocycles. The zero-order chi connectivity index (χ0) is 18.2. The lowest BCUT2D eigenvalue weighted by molar-refractivity contribution is 0.530. The first-order valence-corrected chi connectivity index (χ1v) is 9.79. The van der Waals surface area contributed by atoms with Gasteiger partial charge < -0.3 is 4.57 Å². The van der Waals surface area contributed by atoms with Crippen molar-refractivity contribution in [3.63, 3.8) is 0 Å². The second kappa shape index (κ2) is 6.52. The third-order valence-corrected chi connectivity index (χ3v) is 5.33. The fraction of sp³-hybridized carbons (Fsp3) is 0.316. The van der Waals surface area contributed by atoms with Crippen molar-refractivity contribution in [3.05, 3.63) is 53.9 Å². The van der Waals surface area contributed by atoms with Crippen LogP contribution in [-0.4, -0.2) is 18.0 Å². The fourth-order valence-corrected chi connectivity index (χ4v) is 4.33. The minimum absolute atomic E-state index is 0.260. The van der Waals surface area contributed by atoms with Gasteiger partial charge in [-0.05, 0) is 55.2 Å². The number of anilines is 1. The van der Waals surface area contributed by atoms with E-state index in [4.69, 9.17) is 0 Å². The van der Waals surface area contributed by atoms with E-state index >= 15 is 0 Å². The molecule has 3 aromatic rings. The van der Waals surface area contributed by atoms with Crippen molar-refractivity contribution in [2.75, 3.05) is 4.72 Å². The molecule has 0 spiro atoms. The van der Waals surface area contributed by atoms with Crippen molar-refractivity contribution in [2.45, 2.75) is 39.1 Å². The highest BCUT2D eigenvalue weighted by Gasteiger charge is 2.22. The van der Waals surface area contributed by atoms with E-state index in [0.717, 1.165) is 11.1 Å². The number of aryl methyl sites for hydroxylation is 2. The number of sulfonamides is 1. The van der Waals surface area contributed by atoms with Gasteiger partial charge in [-0.2, -0.15) is 0 Å². The van der Waals surface area contributed by atoms with Gasteiger partial charge in [0.15, 0.2) is 0 Å². The average Bonchev–Trinajstić information content (AvgIpc) is 2.85. The van der Waals surface area contributed by atoms with Crippen molar-refractivity contribution in [3.8, 4) is 0 Å². The summed E-state index contributed by atoms with van der Waals surface area (Å²) in [5, 5.41) is 0.639. The predicted octanol–water partition coefficient (Wildman–Crippen LogP) is 4.11. The zero-order valence-corrected chi connectivity index (χ0v) is 15.8. The van der Waals surface area contributed by atoms with Crippen molar-refractivity contribution in [1.82, 2.24) is 9.55 Å². The third kappa shape index (κ3) is 3.69. The molecule has 0 radical (unpaired) electrons. The molecule has 0 fully saturated rings. The normalized spacial score (nSPS) is 12.0. The topological polar surface area (TPSA) is 64.0 Å². The number of rotatable bonds is 5. The maximum atomic E-state index is 13.0. The van der Waals surface area contributed by atoms with E-state index in [1.54, 1.807) is 24.5 Å². The molecule has 0 amide bonds. The van der Waals surface area contributed by atoms with E-state index < -0.39 is 10.0 Å². The number of nitrogens with one attached hydrogen (secondary N) is 1. The molecule has 1 N–H and O–H groups in total. The van der Waals surface area contributed by atoms with Gasteiger partial charge in [0.2, 0.25) is 0 Å². The van der Waals surface area contributed by atoms with Crippen LogP contribution in [0.25, 0.3) is 11.0 Å². The summed E-state index contributed by atoms with van der Waals surface area (Å²) in [5.41, 5.74) is 3.30. The van der Waals surface area contributed by atoms with Crippen molar-refractivity contribution >= 4 is 26.7 Å². The molecule has 5 nitrogen and oxygen atoms in total. The third-order valence-electron chi connectivity index (χ3n) is 3.92. The molecule has 2 heterocycles. The van der Waals surface area contributed by atoms with Gasteiger partial charge in [-0.15, -0.1) is 0 Å². The first-order chi connectivity index (χ1) is 11.8. The van der Waals surface area contributed by atoms with Crippen LogP contribution in [-0.2, 0) is 16.6 Å². The summed E-state index contributed by atoms with van der Waals surface area (Å²) < 4.78 is 30.6. The molecule has 0 unspecified atom stereocenters. The summed E-state index contributed by atoms with van der Waals surface area (Å²) in [6.45, 7) is 8.80. The van der Waals surface area contributed by atoms with E-state index in [1.807, 2.05) is 36.6 Å². The molecule has 0 bridgehead atoms. The van der Waals surface area contributed by atoms with E-state index in [2.05, 4.69) is 23.6 Å². The van der Waals surface area contributed by atoms with E-state index in [-0.39, 0.29) is 4.90 Å². The fourth-order valence-electron chi connectivity index (χ4n) is 3.08. The molecule has 0 saturated heterocycles. The van der Waals surface area contributed by atoms with Gasteiger partial charge in [0.25, 0.3) is 10.0 Å². The highest BCUT2D eigenvalue weighted by Crippen LogP contribution is 2.27. The van der Waals surface area contributed by atoms with E-state index in [1.165, 1.54) is 0 Å². The molecule has 0 aliphatic carbocycles. The molecule has 0 aliphatic heterocycles. The van der Waals surface area contributed by atoms with Gasteiger partial charge in [-0.25, -0.2) is 13.4 Å². The summed E-state index contributed by atoms with van der Waals surface area (Å²) in [6, 6.07) is 9.23. The largest absolute Gasteiger partial charge is 0.331 e. The van der Waals surface area contributed by atoms with E-state index in [0.29, 0.717) is 29.2 Å². The van der Waals surface area contributed by atoms with Crippen LogP contribution in [0.5, 0.6) is 0 Å². The Morgan fingerprint density at radius 2 is 1.84 bits per heavy atom. The van der Waals surface area contributed by atoms with Crippen LogP contribution in [0.3, 0.4) is 0 Å². The van der Waals surface area contributed by atoms with Gasteiger partial charge in [0.05, 0.1) is 0 Å². The molecular weight excluding hydrogens is 334 g/mol. The quantitative estimate of drug-likeness (QED) is 0.747. The average molecular weight is 357 g/mol. The second-order valence-electron chi connectivity index (χ2n) is 6.90. The summed E-state index contributed by atoms with van der Waals surface area (Å²) in [4.78, 5) is 4.63. The number of pyridine rings is 1. The van der Waals surface area contributed by atoms with Gasteiger partial charge in [0.1, 0.15) is 10.5 Å². The van der Waals surface area contributed by atoms with Gasteiger partial charge >= 0.3 is 0 Å². The lowest BCUT2D eigenvalue weighted by atomic mass is 10.1. The maximum absolute atomic E-state index is 13.0. The summed E-state index contributed by atoms with van der Waals surface area (Å²) in [7, 11) is -3.70. The minimum Gasteiger partial charge on any atom is -0.331 e. The van der Waals surface area contributed by atoms with Crippen molar-refractivity contribution in [2.24, 2.45) is 5.92 Å². The first kappa shape index (κ1) is 17.5. The Morgan fingerprint density at radius 3 is 2.48 bits per heavy atom. The van der Waals surface area contributed by atoms with Crippen LogP contribution < -0.4 is 4.72 Å². The van der Waals surface area contributed by atoms with Crippen molar-refractivity contribution < 1.29 is 8.42 Å². The summed E-state index contributed by atoms with van der Waals surface area (Å²) in [5.74, 6) is 0.389.